The predicted molar refractivity (Wildman–Crippen MR) is 236 cm³/mol. The van der Waals surface area contributed by atoms with Gasteiger partial charge in [0.25, 0.3) is 0 Å². The lowest BCUT2D eigenvalue weighted by Gasteiger charge is -2.20. The van der Waals surface area contributed by atoms with Crippen LogP contribution in [0, 0.1) is 0 Å². The van der Waals surface area contributed by atoms with Crippen LogP contribution in [-0.4, -0.2) is 0 Å². The average molecular weight is 677 g/mol. The normalized spacial score (nSPS) is 12.8. The number of fused-ring (bicyclic) bond motifs is 11. The topological polar surface area (TPSA) is 0 Å². The molecule has 0 heteroatoms. The van der Waals surface area contributed by atoms with Crippen molar-refractivity contribution in [3.8, 4) is 0 Å². The minimum absolute atomic E-state index is 1.28. The van der Waals surface area contributed by atoms with Crippen LogP contribution in [0.1, 0.15) is 0 Å². The highest BCUT2D eigenvalue weighted by Gasteiger charge is 2.21. The zero-order chi connectivity index (χ0) is 34.8. The van der Waals surface area contributed by atoms with Gasteiger partial charge in [-0.3, -0.25) is 0 Å². The van der Waals surface area contributed by atoms with Gasteiger partial charge in [-0.15, -0.1) is 0 Å². The summed E-state index contributed by atoms with van der Waals surface area (Å²) in [4.78, 5) is 0. The highest BCUT2D eigenvalue weighted by molar-refractivity contribution is 6.44. The summed E-state index contributed by atoms with van der Waals surface area (Å²) >= 11 is 0. The van der Waals surface area contributed by atoms with Crippen LogP contribution in [0.15, 0.2) is 170 Å². The van der Waals surface area contributed by atoms with Gasteiger partial charge in [0.1, 0.15) is 0 Å². The maximum absolute atomic E-state index is 2.53. The molecule has 0 aromatic heterocycles. The fourth-order valence-electron chi connectivity index (χ4n) is 10.8. The molecule has 0 saturated heterocycles. The third kappa shape index (κ3) is 3.24. The molecule has 0 nitrogen and oxygen atoms in total. The maximum atomic E-state index is 2.53. The molecule has 0 bridgehead atoms. The second-order valence-electron chi connectivity index (χ2n) is 15.5. The van der Waals surface area contributed by atoms with Gasteiger partial charge in [-0.1, -0.05) is 152 Å². The van der Waals surface area contributed by atoms with E-state index in [0.717, 1.165) is 0 Å². The molecule has 0 spiro atoms. The van der Waals surface area contributed by atoms with Gasteiger partial charge in [-0.2, -0.15) is 0 Å². The lowest BCUT2D eigenvalue weighted by molar-refractivity contribution is 1.80. The molecule has 0 N–H and O–H groups in total. The van der Waals surface area contributed by atoms with Crippen LogP contribution in [0.4, 0.5) is 0 Å². The van der Waals surface area contributed by atoms with Gasteiger partial charge in [-0.25, -0.2) is 0 Å². The number of benzene rings is 13. The molecule has 14 aromatic carbocycles. The van der Waals surface area contributed by atoms with E-state index in [1.54, 1.807) is 0 Å². The van der Waals surface area contributed by atoms with E-state index in [4.69, 9.17) is 0 Å². The first-order valence-electron chi connectivity index (χ1n) is 19.0. The van der Waals surface area contributed by atoms with E-state index in [-0.39, 0.29) is 0 Å². The second-order valence-corrected chi connectivity index (χ2v) is 15.5. The van der Waals surface area contributed by atoms with Crippen molar-refractivity contribution in [2.24, 2.45) is 0 Å². The van der Waals surface area contributed by atoms with Crippen molar-refractivity contribution in [2.75, 3.05) is 0 Å². The third-order valence-corrected chi connectivity index (χ3v) is 13.0. The zero-order valence-corrected chi connectivity index (χ0v) is 29.2. The Hall–Kier alpha value is -7.02. The van der Waals surface area contributed by atoms with Crippen molar-refractivity contribution >= 4 is 140 Å². The van der Waals surface area contributed by atoms with Crippen LogP contribution >= 0.6 is 0 Å². The van der Waals surface area contributed by atoms with Gasteiger partial charge < -0.3 is 0 Å². The standard InChI is InChI=1S/C54H28/c1-2-13-39-38(12-1)43-26-35-17-14-29-6-3-10-33-21-24-41(49(35)46(29)33)53(43)45-28-37-19-16-31-8-5-11-34-22-25-42(51(37)48(31)34)54(45)44-27-36-18-15-30-7-4-9-32-20-23-40(52(39)44)50(36)47(30)32/h1-28H. The van der Waals surface area contributed by atoms with Crippen molar-refractivity contribution in [2.45, 2.75) is 0 Å². The van der Waals surface area contributed by atoms with Crippen molar-refractivity contribution in [1.82, 2.24) is 0 Å². The smallest absolute Gasteiger partial charge is 0.00190 e. The second kappa shape index (κ2) is 9.50. The Morgan fingerprint density at radius 1 is 0.148 bits per heavy atom. The van der Waals surface area contributed by atoms with E-state index >= 15 is 0 Å². The van der Waals surface area contributed by atoms with Crippen LogP contribution in [0.3, 0.4) is 0 Å². The SMILES string of the molecule is c1cc2ccc3cc4c(c5ccccc5c5cc6ccc7cccc8ccc(c5c5cc9ccc%10cccc%11ccc(c45)c9c%10%11)c6c78)c4ccc(c1)c2c34. The van der Waals surface area contributed by atoms with Crippen LogP contribution < -0.4 is 0 Å². The summed E-state index contributed by atoms with van der Waals surface area (Å²) in [5.41, 5.74) is 0. The Labute approximate surface area is 308 Å². The molecule has 0 aliphatic rings. The van der Waals surface area contributed by atoms with Gasteiger partial charge in [-0.05, 0) is 158 Å². The lowest BCUT2D eigenvalue weighted by Crippen LogP contribution is -1.91. The van der Waals surface area contributed by atoms with Gasteiger partial charge >= 0.3 is 0 Å². The minimum atomic E-state index is 1.28. The van der Waals surface area contributed by atoms with E-state index in [0.29, 0.717) is 0 Å². The van der Waals surface area contributed by atoms with Crippen molar-refractivity contribution in [3.63, 3.8) is 0 Å². The summed E-state index contributed by atoms with van der Waals surface area (Å²) in [7, 11) is 0. The van der Waals surface area contributed by atoms with Crippen LogP contribution in [0.25, 0.3) is 140 Å². The number of hydrogen-bond acceptors (Lipinski definition) is 0. The van der Waals surface area contributed by atoms with Crippen LogP contribution in [0.2, 0.25) is 0 Å². The van der Waals surface area contributed by atoms with E-state index in [1.165, 1.54) is 140 Å². The highest BCUT2D eigenvalue weighted by Crippen LogP contribution is 2.49. The van der Waals surface area contributed by atoms with Gasteiger partial charge in [0, 0.05) is 0 Å². The molecule has 54 heavy (non-hydrogen) atoms. The molecule has 0 atom stereocenters. The maximum Gasteiger partial charge on any atom is -0.00190 e. The average Bonchev–Trinajstić information content (AvgIpc) is 3.22. The molecule has 14 aromatic rings. The molecule has 0 radical (unpaired) electrons. The third-order valence-electron chi connectivity index (χ3n) is 13.0. The van der Waals surface area contributed by atoms with E-state index < -0.39 is 0 Å². The molecular weight excluding hydrogens is 649 g/mol. The molecule has 0 aliphatic carbocycles. The largest absolute Gasteiger partial charge is 0.0616 e. The van der Waals surface area contributed by atoms with Crippen molar-refractivity contribution in [3.05, 3.63) is 170 Å². The summed E-state index contributed by atoms with van der Waals surface area (Å²) in [6.45, 7) is 0. The molecule has 0 unspecified atom stereocenters. The summed E-state index contributed by atoms with van der Waals surface area (Å²) in [5.74, 6) is 0. The Morgan fingerprint density at radius 2 is 0.463 bits per heavy atom. The summed E-state index contributed by atoms with van der Waals surface area (Å²) < 4.78 is 0. The van der Waals surface area contributed by atoms with Gasteiger partial charge in [0.05, 0.1) is 0 Å². The lowest BCUT2D eigenvalue weighted by atomic mass is 9.83. The fraction of sp³-hybridized carbons (Fsp3) is 0. The number of rotatable bonds is 0. The molecule has 14 rings (SSSR count). The summed E-state index contributed by atoms with van der Waals surface area (Å²) in [5, 5.41) is 34.2. The van der Waals surface area contributed by atoms with E-state index in [2.05, 4.69) is 170 Å². The zero-order valence-electron chi connectivity index (χ0n) is 29.2. The Morgan fingerprint density at radius 3 is 0.889 bits per heavy atom. The Bertz CT molecular complexity index is 3950. The summed E-state index contributed by atoms with van der Waals surface area (Å²) in [6, 6.07) is 65.2. The van der Waals surface area contributed by atoms with E-state index in [1.807, 2.05) is 0 Å². The molecule has 0 heterocycles. The highest BCUT2D eigenvalue weighted by atomic mass is 14.2. The van der Waals surface area contributed by atoms with E-state index in [9.17, 15) is 0 Å². The monoisotopic (exact) mass is 676 g/mol. The molecule has 0 amide bonds. The Balaban J connectivity index is 1.40. The Kier molecular flexibility index (Phi) is 4.85. The first kappa shape index (κ1) is 27.6. The molecule has 0 saturated carbocycles. The predicted octanol–water partition coefficient (Wildman–Crippen LogP) is 15.6. The van der Waals surface area contributed by atoms with Crippen molar-refractivity contribution < 1.29 is 0 Å². The molecule has 0 fully saturated rings. The van der Waals surface area contributed by atoms with Crippen LogP contribution in [-0.2, 0) is 0 Å². The number of hydrogen-bond donors (Lipinski definition) is 0. The quantitative estimate of drug-likeness (QED) is 0.140. The van der Waals surface area contributed by atoms with Gasteiger partial charge in [0.2, 0.25) is 0 Å². The first-order chi connectivity index (χ1) is 26.8. The molecule has 0 aliphatic heterocycles. The fourth-order valence-corrected chi connectivity index (χ4v) is 10.8. The summed E-state index contributed by atoms with van der Waals surface area (Å²) in [6.07, 6.45) is 0. The molecular formula is C54H28. The molecule has 244 valence electrons. The van der Waals surface area contributed by atoms with Crippen molar-refractivity contribution in [1.29, 1.82) is 0 Å². The van der Waals surface area contributed by atoms with Gasteiger partial charge in [0.15, 0.2) is 0 Å². The first-order valence-corrected chi connectivity index (χ1v) is 19.0. The minimum Gasteiger partial charge on any atom is -0.0616 e. The van der Waals surface area contributed by atoms with Crippen LogP contribution in [0.5, 0.6) is 0 Å².